The molecule has 0 N–H and O–H groups in total. The number of anilines is 1. The summed E-state index contributed by atoms with van der Waals surface area (Å²) in [7, 11) is 0. The Morgan fingerprint density at radius 2 is 1.75 bits per heavy atom. The van der Waals surface area contributed by atoms with Gasteiger partial charge in [-0.3, -0.25) is 4.79 Å². The molecule has 0 bridgehead atoms. The second kappa shape index (κ2) is 6.37. The SMILES string of the molecule is O=c1cc(N2CCOCC2)oc2c(Oc3ccccc3)cccc12. The fraction of sp³-hybridized carbons (Fsp3) is 0.211. The lowest BCUT2D eigenvalue weighted by molar-refractivity contribution is 0.121. The van der Waals surface area contributed by atoms with Crippen LogP contribution in [-0.4, -0.2) is 26.3 Å². The number of morpholine rings is 1. The third-order valence-corrected chi connectivity index (χ3v) is 4.00. The summed E-state index contributed by atoms with van der Waals surface area (Å²) in [4.78, 5) is 14.5. The predicted molar refractivity (Wildman–Crippen MR) is 92.0 cm³/mol. The summed E-state index contributed by atoms with van der Waals surface area (Å²) in [5.41, 5.74) is 0.395. The highest BCUT2D eigenvalue weighted by molar-refractivity contribution is 5.83. The molecule has 3 aromatic rings. The van der Waals surface area contributed by atoms with Crippen molar-refractivity contribution in [3.8, 4) is 11.5 Å². The molecule has 0 amide bonds. The fourth-order valence-corrected chi connectivity index (χ4v) is 2.77. The van der Waals surface area contributed by atoms with Crippen LogP contribution in [0.25, 0.3) is 11.0 Å². The Kier molecular flexibility index (Phi) is 3.92. The van der Waals surface area contributed by atoms with E-state index in [-0.39, 0.29) is 5.43 Å². The molecule has 24 heavy (non-hydrogen) atoms. The van der Waals surface area contributed by atoms with Crippen LogP contribution in [-0.2, 0) is 4.74 Å². The van der Waals surface area contributed by atoms with Gasteiger partial charge in [-0.1, -0.05) is 24.3 Å². The van der Waals surface area contributed by atoms with Gasteiger partial charge in [-0.15, -0.1) is 0 Å². The molecule has 5 heteroatoms. The highest BCUT2D eigenvalue weighted by Gasteiger charge is 2.17. The van der Waals surface area contributed by atoms with Gasteiger partial charge in [0.1, 0.15) is 5.75 Å². The maximum atomic E-state index is 12.5. The van der Waals surface area contributed by atoms with Gasteiger partial charge in [-0.2, -0.15) is 0 Å². The molecule has 0 aliphatic carbocycles. The summed E-state index contributed by atoms with van der Waals surface area (Å²) in [5.74, 6) is 1.79. The van der Waals surface area contributed by atoms with E-state index in [1.807, 2.05) is 35.2 Å². The Bertz CT molecular complexity index is 898. The van der Waals surface area contributed by atoms with Crippen molar-refractivity contribution in [2.75, 3.05) is 31.2 Å². The van der Waals surface area contributed by atoms with Crippen molar-refractivity contribution in [3.63, 3.8) is 0 Å². The van der Waals surface area contributed by atoms with Gasteiger partial charge >= 0.3 is 0 Å². The summed E-state index contributed by atoms with van der Waals surface area (Å²) >= 11 is 0. The first-order chi connectivity index (χ1) is 11.8. The molecular formula is C19H17NO4. The fourth-order valence-electron chi connectivity index (χ4n) is 2.77. The van der Waals surface area contributed by atoms with Crippen molar-refractivity contribution in [2.45, 2.75) is 0 Å². The smallest absolute Gasteiger partial charge is 0.200 e. The van der Waals surface area contributed by atoms with Gasteiger partial charge in [-0.25, -0.2) is 0 Å². The number of ether oxygens (including phenoxy) is 2. The lowest BCUT2D eigenvalue weighted by Crippen LogP contribution is -2.36. The number of para-hydroxylation sites is 2. The summed E-state index contributed by atoms with van der Waals surface area (Å²) in [6.07, 6.45) is 0. The second-order valence-electron chi connectivity index (χ2n) is 5.60. The first kappa shape index (κ1) is 14.8. The number of hydrogen-bond donors (Lipinski definition) is 0. The zero-order valence-electron chi connectivity index (χ0n) is 13.1. The molecule has 2 heterocycles. The zero-order valence-corrected chi connectivity index (χ0v) is 13.1. The van der Waals surface area contributed by atoms with Crippen LogP contribution in [0.15, 0.2) is 63.8 Å². The Morgan fingerprint density at radius 3 is 2.54 bits per heavy atom. The van der Waals surface area contributed by atoms with Gasteiger partial charge < -0.3 is 18.8 Å². The monoisotopic (exact) mass is 323 g/mol. The maximum absolute atomic E-state index is 12.5. The van der Waals surface area contributed by atoms with Gasteiger partial charge in [0.15, 0.2) is 22.6 Å². The second-order valence-corrected chi connectivity index (χ2v) is 5.60. The minimum absolute atomic E-state index is 0.0729. The molecule has 1 aliphatic heterocycles. The van der Waals surface area contributed by atoms with Gasteiger partial charge in [-0.05, 0) is 24.3 Å². The van der Waals surface area contributed by atoms with E-state index in [1.54, 1.807) is 24.3 Å². The van der Waals surface area contributed by atoms with Crippen molar-refractivity contribution in [3.05, 3.63) is 64.8 Å². The molecule has 0 unspecified atom stereocenters. The van der Waals surface area contributed by atoms with E-state index < -0.39 is 0 Å². The van der Waals surface area contributed by atoms with Crippen LogP contribution in [0.5, 0.6) is 11.5 Å². The van der Waals surface area contributed by atoms with E-state index >= 15 is 0 Å². The third kappa shape index (κ3) is 2.86. The molecule has 0 radical (unpaired) electrons. The summed E-state index contributed by atoms with van der Waals surface area (Å²) < 4.78 is 17.3. The van der Waals surface area contributed by atoms with E-state index in [0.29, 0.717) is 54.7 Å². The molecule has 122 valence electrons. The van der Waals surface area contributed by atoms with Gasteiger partial charge in [0.2, 0.25) is 0 Å². The molecule has 1 saturated heterocycles. The normalized spacial score (nSPS) is 14.8. The average Bonchev–Trinajstić information content (AvgIpc) is 2.64. The Balaban J connectivity index is 1.79. The predicted octanol–water partition coefficient (Wildman–Crippen LogP) is 3.42. The van der Waals surface area contributed by atoms with Crippen molar-refractivity contribution in [1.29, 1.82) is 0 Å². The maximum Gasteiger partial charge on any atom is 0.200 e. The molecule has 0 atom stereocenters. The molecule has 1 aromatic heterocycles. The van der Waals surface area contributed by atoms with Crippen molar-refractivity contribution in [2.24, 2.45) is 0 Å². The minimum atomic E-state index is -0.0729. The molecule has 4 rings (SSSR count). The Labute approximate surface area is 139 Å². The Hall–Kier alpha value is -2.79. The number of nitrogens with zero attached hydrogens (tertiary/aromatic N) is 1. The lowest BCUT2D eigenvalue weighted by atomic mass is 10.2. The van der Waals surface area contributed by atoms with Gasteiger partial charge in [0.05, 0.1) is 18.6 Å². The number of rotatable bonds is 3. The van der Waals surface area contributed by atoms with Gasteiger partial charge in [0, 0.05) is 19.2 Å². The summed E-state index contributed by atoms with van der Waals surface area (Å²) in [5, 5.41) is 0.514. The first-order valence-electron chi connectivity index (χ1n) is 7.94. The topological polar surface area (TPSA) is 51.9 Å². The van der Waals surface area contributed by atoms with Crippen molar-refractivity contribution < 1.29 is 13.9 Å². The lowest BCUT2D eigenvalue weighted by Gasteiger charge is -2.27. The third-order valence-electron chi connectivity index (χ3n) is 4.00. The number of hydrogen-bond acceptors (Lipinski definition) is 5. The van der Waals surface area contributed by atoms with Gasteiger partial charge in [0.25, 0.3) is 0 Å². The van der Waals surface area contributed by atoms with Crippen molar-refractivity contribution >= 4 is 16.9 Å². The molecule has 0 saturated carbocycles. The quantitative estimate of drug-likeness (QED) is 0.739. The molecule has 2 aromatic carbocycles. The van der Waals surface area contributed by atoms with E-state index in [9.17, 15) is 4.79 Å². The van der Waals surface area contributed by atoms with Crippen LogP contribution in [0, 0.1) is 0 Å². The van der Waals surface area contributed by atoms with Crippen LogP contribution in [0.1, 0.15) is 0 Å². The van der Waals surface area contributed by atoms with E-state index in [4.69, 9.17) is 13.9 Å². The minimum Gasteiger partial charge on any atom is -0.453 e. The average molecular weight is 323 g/mol. The summed E-state index contributed by atoms with van der Waals surface area (Å²) in [6, 6.07) is 16.3. The number of benzene rings is 2. The molecule has 1 fully saturated rings. The van der Waals surface area contributed by atoms with Crippen LogP contribution >= 0.6 is 0 Å². The van der Waals surface area contributed by atoms with Crippen molar-refractivity contribution in [1.82, 2.24) is 0 Å². The standard InChI is InChI=1S/C19H17NO4/c21-16-13-18(20-9-11-22-12-10-20)24-19-15(16)7-4-8-17(19)23-14-5-2-1-3-6-14/h1-8,13H,9-12H2. The van der Waals surface area contributed by atoms with Crippen LogP contribution in [0.4, 0.5) is 5.88 Å². The number of fused-ring (bicyclic) bond motifs is 1. The molecule has 1 aliphatic rings. The largest absolute Gasteiger partial charge is 0.453 e. The molecular weight excluding hydrogens is 306 g/mol. The highest BCUT2D eigenvalue weighted by atomic mass is 16.5. The molecule has 0 spiro atoms. The highest BCUT2D eigenvalue weighted by Crippen LogP contribution is 2.31. The van der Waals surface area contributed by atoms with Crippen LogP contribution < -0.4 is 15.1 Å². The van der Waals surface area contributed by atoms with E-state index in [1.165, 1.54) is 0 Å². The summed E-state index contributed by atoms with van der Waals surface area (Å²) in [6.45, 7) is 2.67. The van der Waals surface area contributed by atoms with Crippen LogP contribution in [0.2, 0.25) is 0 Å². The Morgan fingerprint density at radius 1 is 0.958 bits per heavy atom. The van der Waals surface area contributed by atoms with Crippen LogP contribution in [0.3, 0.4) is 0 Å². The molecule has 5 nitrogen and oxygen atoms in total. The first-order valence-corrected chi connectivity index (χ1v) is 7.94. The van der Waals surface area contributed by atoms with E-state index in [0.717, 1.165) is 0 Å². The van der Waals surface area contributed by atoms with E-state index in [2.05, 4.69) is 0 Å². The zero-order chi connectivity index (χ0) is 16.4.